The summed E-state index contributed by atoms with van der Waals surface area (Å²) in [5.74, 6) is -1.59. The van der Waals surface area contributed by atoms with Gasteiger partial charge in [-0.2, -0.15) is 5.26 Å². The molecule has 0 aliphatic carbocycles. The lowest BCUT2D eigenvalue weighted by molar-refractivity contribution is -0.385. The minimum Gasteiger partial charge on any atom is -0.258 e. The van der Waals surface area contributed by atoms with Gasteiger partial charge < -0.3 is 0 Å². The average molecular weight is 335 g/mol. The number of benzene rings is 2. The van der Waals surface area contributed by atoms with Crippen molar-refractivity contribution in [2.24, 2.45) is 0 Å². The number of rotatable bonds is 3. The molecule has 0 fully saturated rings. The lowest BCUT2D eigenvalue weighted by Gasteiger charge is -2.11. The Bertz CT molecular complexity index is 698. The molecule has 0 saturated carbocycles. The van der Waals surface area contributed by atoms with Gasteiger partial charge in [-0.3, -0.25) is 10.1 Å². The number of nitro groups is 1. The van der Waals surface area contributed by atoms with Crippen LogP contribution in [0.5, 0.6) is 0 Å². The van der Waals surface area contributed by atoms with Crippen LogP contribution in [-0.4, -0.2) is 4.92 Å². The van der Waals surface area contributed by atoms with Gasteiger partial charge in [0, 0.05) is 11.6 Å². The second kappa shape index (κ2) is 5.80. The maximum Gasteiger partial charge on any atom is 0.286 e. The van der Waals surface area contributed by atoms with Crippen LogP contribution in [0.3, 0.4) is 0 Å². The first-order valence-electron chi connectivity index (χ1n) is 5.63. The van der Waals surface area contributed by atoms with E-state index < -0.39 is 16.7 Å². The molecule has 6 heteroatoms. The average Bonchev–Trinajstić information content (AvgIpc) is 2.45. The highest BCUT2D eigenvalue weighted by Crippen LogP contribution is 2.34. The van der Waals surface area contributed by atoms with Crippen LogP contribution in [0.15, 0.2) is 46.9 Å². The molecule has 0 amide bonds. The van der Waals surface area contributed by atoms with Crippen LogP contribution in [-0.2, 0) is 0 Å². The fraction of sp³-hybridized carbons (Fsp3) is 0.0714. The second-order valence-electron chi connectivity index (χ2n) is 4.03. The smallest absolute Gasteiger partial charge is 0.258 e. The first kappa shape index (κ1) is 14.2. The zero-order valence-electron chi connectivity index (χ0n) is 10.1. The topological polar surface area (TPSA) is 66.9 Å². The molecule has 0 aliphatic heterocycles. The number of hydrogen-bond acceptors (Lipinski definition) is 3. The minimum atomic E-state index is -0.812. The summed E-state index contributed by atoms with van der Waals surface area (Å²) in [5, 5.41) is 20.0. The molecule has 0 aromatic heterocycles. The molecule has 20 heavy (non-hydrogen) atoms. The molecule has 2 aromatic carbocycles. The van der Waals surface area contributed by atoms with E-state index in [0.29, 0.717) is 5.56 Å². The fourth-order valence-electron chi connectivity index (χ4n) is 1.89. The summed E-state index contributed by atoms with van der Waals surface area (Å²) >= 11 is 2.88. The summed E-state index contributed by atoms with van der Waals surface area (Å²) in [4.78, 5) is 10.1. The molecule has 0 N–H and O–H groups in total. The predicted octanol–water partition coefficient (Wildman–Crippen LogP) is 4.15. The van der Waals surface area contributed by atoms with Crippen molar-refractivity contribution < 1.29 is 9.31 Å². The molecular formula is C14H8BrFN2O2. The SMILES string of the molecule is N#CC(c1ccccc1)c1ccc([N+](=O)[O-])c(Br)c1F. The van der Waals surface area contributed by atoms with Gasteiger partial charge in [0.15, 0.2) is 0 Å². The Morgan fingerprint density at radius 1 is 1.25 bits per heavy atom. The Kier molecular flexibility index (Phi) is 4.11. The highest BCUT2D eigenvalue weighted by atomic mass is 79.9. The molecule has 1 atom stereocenters. The van der Waals surface area contributed by atoms with Gasteiger partial charge in [-0.1, -0.05) is 30.3 Å². The van der Waals surface area contributed by atoms with Crippen molar-refractivity contribution in [3.63, 3.8) is 0 Å². The van der Waals surface area contributed by atoms with E-state index in [1.165, 1.54) is 12.1 Å². The van der Waals surface area contributed by atoms with Crippen LogP contribution in [0.25, 0.3) is 0 Å². The van der Waals surface area contributed by atoms with Crippen molar-refractivity contribution in [2.45, 2.75) is 5.92 Å². The van der Waals surface area contributed by atoms with Crippen LogP contribution >= 0.6 is 15.9 Å². The number of halogens is 2. The third-order valence-corrected chi connectivity index (χ3v) is 3.62. The molecule has 0 heterocycles. The summed E-state index contributed by atoms with van der Waals surface area (Å²) in [6.45, 7) is 0. The minimum absolute atomic E-state index is 0.108. The summed E-state index contributed by atoms with van der Waals surface area (Å²) in [6, 6.07) is 13.2. The molecule has 2 rings (SSSR count). The quantitative estimate of drug-likeness (QED) is 0.625. The highest BCUT2D eigenvalue weighted by Gasteiger charge is 2.24. The van der Waals surface area contributed by atoms with Crippen molar-refractivity contribution in [3.05, 3.63) is 74.0 Å². The highest BCUT2D eigenvalue weighted by molar-refractivity contribution is 9.10. The molecule has 0 saturated heterocycles. The summed E-state index contributed by atoms with van der Waals surface area (Å²) in [7, 11) is 0. The molecule has 4 nitrogen and oxygen atoms in total. The first-order valence-corrected chi connectivity index (χ1v) is 6.42. The predicted molar refractivity (Wildman–Crippen MR) is 74.7 cm³/mol. The van der Waals surface area contributed by atoms with Gasteiger partial charge in [-0.05, 0) is 27.6 Å². The van der Waals surface area contributed by atoms with Gasteiger partial charge in [0.2, 0.25) is 0 Å². The Hall–Kier alpha value is -2.26. The Morgan fingerprint density at radius 2 is 1.90 bits per heavy atom. The van der Waals surface area contributed by atoms with Crippen molar-refractivity contribution >= 4 is 21.6 Å². The molecule has 100 valence electrons. The zero-order chi connectivity index (χ0) is 14.7. The van der Waals surface area contributed by atoms with Crippen molar-refractivity contribution in [1.29, 1.82) is 5.26 Å². The molecule has 0 aliphatic rings. The van der Waals surface area contributed by atoms with E-state index >= 15 is 0 Å². The summed E-state index contributed by atoms with van der Waals surface area (Å²) < 4.78 is 14.0. The van der Waals surface area contributed by atoms with Gasteiger partial charge in [0.1, 0.15) is 10.3 Å². The van der Waals surface area contributed by atoms with Crippen LogP contribution in [0.1, 0.15) is 17.0 Å². The van der Waals surface area contributed by atoms with Gasteiger partial charge in [-0.25, -0.2) is 4.39 Å². The molecule has 0 spiro atoms. The zero-order valence-corrected chi connectivity index (χ0v) is 11.7. The van der Waals surface area contributed by atoms with Gasteiger partial charge >= 0.3 is 0 Å². The second-order valence-corrected chi connectivity index (χ2v) is 4.82. The van der Waals surface area contributed by atoms with E-state index in [0.717, 1.165) is 0 Å². The van der Waals surface area contributed by atoms with E-state index in [1.54, 1.807) is 30.3 Å². The summed E-state index contributed by atoms with van der Waals surface area (Å²) in [6.07, 6.45) is 0. The lowest BCUT2D eigenvalue weighted by atomic mass is 9.92. The molecule has 1 unspecified atom stereocenters. The van der Waals surface area contributed by atoms with E-state index in [1.807, 2.05) is 6.07 Å². The van der Waals surface area contributed by atoms with Gasteiger partial charge in [-0.15, -0.1) is 0 Å². The molecule has 0 bridgehead atoms. The summed E-state index contributed by atoms with van der Waals surface area (Å²) in [5.41, 5.74) is 0.377. The fourth-order valence-corrected chi connectivity index (χ4v) is 2.39. The molecule has 0 radical (unpaired) electrons. The Balaban J connectivity index is 2.56. The van der Waals surface area contributed by atoms with E-state index in [2.05, 4.69) is 15.9 Å². The van der Waals surface area contributed by atoms with E-state index in [9.17, 15) is 19.8 Å². The normalized spacial score (nSPS) is 11.7. The standard InChI is InChI=1S/C14H8BrFN2O2/c15-13-12(18(19)20)7-6-10(14(13)16)11(8-17)9-4-2-1-3-5-9/h1-7,11H. The molecule has 2 aromatic rings. The monoisotopic (exact) mass is 334 g/mol. The maximum absolute atomic E-state index is 14.2. The first-order chi connectivity index (χ1) is 9.56. The van der Waals surface area contributed by atoms with Crippen LogP contribution in [0.4, 0.5) is 10.1 Å². The van der Waals surface area contributed by atoms with Crippen molar-refractivity contribution in [3.8, 4) is 6.07 Å². The lowest BCUT2D eigenvalue weighted by Crippen LogP contribution is -2.03. The number of nitrogens with zero attached hydrogens (tertiary/aromatic N) is 2. The van der Waals surface area contributed by atoms with Crippen LogP contribution in [0.2, 0.25) is 0 Å². The number of nitro benzene ring substituents is 1. The maximum atomic E-state index is 14.2. The van der Waals surface area contributed by atoms with Crippen LogP contribution in [0, 0.1) is 27.3 Å². The van der Waals surface area contributed by atoms with Crippen molar-refractivity contribution in [1.82, 2.24) is 0 Å². The Labute approximate surface area is 122 Å². The van der Waals surface area contributed by atoms with Gasteiger partial charge in [0.05, 0.1) is 16.9 Å². The van der Waals surface area contributed by atoms with E-state index in [4.69, 9.17) is 0 Å². The van der Waals surface area contributed by atoms with Crippen LogP contribution < -0.4 is 0 Å². The Morgan fingerprint density at radius 3 is 2.45 bits per heavy atom. The third-order valence-electron chi connectivity index (χ3n) is 2.86. The number of nitriles is 1. The van der Waals surface area contributed by atoms with Gasteiger partial charge in [0.25, 0.3) is 5.69 Å². The largest absolute Gasteiger partial charge is 0.286 e. The third kappa shape index (κ3) is 2.53. The molecular weight excluding hydrogens is 327 g/mol. The number of hydrogen-bond donors (Lipinski definition) is 0. The van der Waals surface area contributed by atoms with E-state index in [-0.39, 0.29) is 15.7 Å². The van der Waals surface area contributed by atoms with Crippen molar-refractivity contribution in [2.75, 3.05) is 0 Å².